The molecule has 2 aromatic rings. The Labute approximate surface area is 209 Å². The fourth-order valence-corrected chi connectivity index (χ4v) is 7.39. The van der Waals surface area contributed by atoms with Crippen LogP contribution in [0, 0.1) is 5.41 Å². The third-order valence-corrected chi connectivity index (χ3v) is 10.2. The molecule has 35 heavy (non-hydrogen) atoms. The molecule has 1 aliphatic heterocycles. The molecule has 0 aliphatic carbocycles. The van der Waals surface area contributed by atoms with E-state index in [1.807, 2.05) is 26.0 Å². The maximum absolute atomic E-state index is 14.2. The Balaban J connectivity index is 1.96. The van der Waals surface area contributed by atoms with E-state index in [1.54, 1.807) is 50.8 Å². The number of amides is 1. The molecule has 8 heteroatoms. The van der Waals surface area contributed by atoms with Crippen molar-refractivity contribution < 1.29 is 18.0 Å². The molecule has 2 unspecified atom stereocenters. The molecule has 0 bridgehead atoms. The Morgan fingerprint density at radius 3 is 2.23 bits per heavy atom. The van der Waals surface area contributed by atoms with Gasteiger partial charge in [0, 0.05) is 36.7 Å². The summed E-state index contributed by atoms with van der Waals surface area (Å²) in [5.41, 5.74) is 0.875. The van der Waals surface area contributed by atoms with Gasteiger partial charge in [-0.2, -0.15) is 0 Å². The summed E-state index contributed by atoms with van der Waals surface area (Å²) in [6, 6.07) is 6.66. The lowest BCUT2D eigenvalue weighted by atomic mass is 9.84. The summed E-state index contributed by atoms with van der Waals surface area (Å²) < 4.78 is 28.4. The zero-order valence-electron chi connectivity index (χ0n) is 21.2. The van der Waals surface area contributed by atoms with E-state index >= 15 is 0 Å². The first-order chi connectivity index (χ1) is 16.6. The van der Waals surface area contributed by atoms with Gasteiger partial charge in [0.25, 0.3) is 5.91 Å². The van der Waals surface area contributed by atoms with Crippen LogP contribution in [0.2, 0.25) is 0 Å². The number of carbonyl (C=O) groups is 2. The lowest BCUT2D eigenvalue weighted by Crippen LogP contribution is -2.48. The van der Waals surface area contributed by atoms with Gasteiger partial charge in [-0.05, 0) is 73.9 Å². The van der Waals surface area contributed by atoms with Crippen molar-refractivity contribution in [3.05, 3.63) is 60.2 Å². The van der Waals surface area contributed by atoms with Gasteiger partial charge in [-0.15, -0.1) is 0 Å². The SMILES string of the molecule is CCC(CCc1ccncc1)S(=O)(=O)C(c1ccncc1)[C@@H]1CCCN1C(=O)C(=O)C(C)(C)CC. The Bertz CT molecular complexity index is 1100. The lowest BCUT2D eigenvalue weighted by Gasteiger charge is -2.35. The van der Waals surface area contributed by atoms with E-state index in [-0.39, 0.29) is 0 Å². The summed E-state index contributed by atoms with van der Waals surface area (Å²) >= 11 is 0. The number of likely N-dealkylation sites (tertiary alicyclic amines) is 1. The first kappa shape index (κ1) is 27.0. The number of aromatic nitrogens is 2. The number of nitrogens with zero attached hydrogens (tertiary/aromatic N) is 3. The lowest BCUT2D eigenvalue weighted by molar-refractivity contribution is -0.149. The molecule has 2 aromatic heterocycles. The van der Waals surface area contributed by atoms with E-state index in [4.69, 9.17) is 0 Å². The van der Waals surface area contributed by atoms with Crippen molar-refractivity contribution in [2.24, 2.45) is 5.41 Å². The van der Waals surface area contributed by atoms with E-state index in [0.29, 0.717) is 50.6 Å². The molecule has 0 spiro atoms. The number of hydrogen-bond acceptors (Lipinski definition) is 6. The van der Waals surface area contributed by atoms with Crippen molar-refractivity contribution >= 4 is 21.5 Å². The first-order valence-electron chi connectivity index (χ1n) is 12.5. The van der Waals surface area contributed by atoms with Gasteiger partial charge in [0.1, 0.15) is 5.25 Å². The van der Waals surface area contributed by atoms with Crippen LogP contribution in [0.25, 0.3) is 0 Å². The van der Waals surface area contributed by atoms with Crippen LogP contribution < -0.4 is 0 Å². The maximum Gasteiger partial charge on any atom is 0.290 e. The van der Waals surface area contributed by atoms with Crippen LogP contribution in [0.5, 0.6) is 0 Å². The number of hydrogen-bond donors (Lipinski definition) is 0. The summed E-state index contributed by atoms with van der Waals surface area (Å²) in [6.07, 6.45) is 9.91. The second kappa shape index (κ2) is 11.4. The van der Waals surface area contributed by atoms with E-state index in [9.17, 15) is 18.0 Å². The molecule has 1 fully saturated rings. The molecule has 7 nitrogen and oxygen atoms in total. The van der Waals surface area contributed by atoms with Gasteiger partial charge < -0.3 is 4.90 Å². The molecule has 0 saturated carbocycles. The van der Waals surface area contributed by atoms with Crippen molar-refractivity contribution in [3.63, 3.8) is 0 Å². The minimum atomic E-state index is -3.70. The zero-order chi connectivity index (χ0) is 25.6. The summed E-state index contributed by atoms with van der Waals surface area (Å²) in [7, 11) is -3.70. The van der Waals surface area contributed by atoms with Crippen LogP contribution in [0.1, 0.15) is 76.2 Å². The molecule has 3 atom stereocenters. The van der Waals surface area contributed by atoms with Crippen molar-refractivity contribution in [3.8, 4) is 0 Å². The third-order valence-electron chi connectivity index (χ3n) is 7.42. The van der Waals surface area contributed by atoms with Gasteiger partial charge in [-0.25, -0.2) is 8.42 Å². The van der Waals surface area contributed by atoms with E-state index in [2.05, 4.69) is 9.97 Å². The van der Waals surface area contributed by atoms with Crippen molar-refractivity contribution in [2.45, 2.75) is 82.8 Å². The van der Waals surface area contributed by atoms with Crippen LogP contribution in [-0.4, -0.2) is 52.8 Å². The summed E-state index contributed by atoms with van der Waals surface area (Å²) in [5, 5.41) is -1.48. The molecule has 1 amide bonds. The predicted molar refractivity (Wildman–Crippen MR) is 136 cm³/mol. The standard InChI is InChI=1S/C27H37N3O4S/c1-5-22(10-9-20-11-15-28-16-12-20)35(33,34)24(21-13-17-29-18-14-21)23-8-7-19-30(23)26(32)25(31)27(3,4)6-2/h11-18,22-24H,5-10,19H2,1-4H3/t22?,23-,24?/m0/s1. The number of carbonyl (C=O) groups excluding carboxylic acids is 2. The second-order valence-corrected chi connectivity index (χ2v) is 12.3. The monoisotopic (exact) mass is 499 g/mol. The molecular weight excluding hydrogens is 462 g/mol. The average molecular weight is 500 g/mol. The number of pyridine rings is 2. The molecule has 0 N–H and O–H groups in total. The minimum Gasteiger partial charge on any atom is -0.331 e. The van der Waals surface area contributed by atoms with Gasteiger partial charge in [-0.1, -0.05) is 27.7 Å². The molecule has 1 saturated heterocycles. The fourth-order valence-electron chi connectivity index (χ4n) is 4.81. The van der Waals surface area contributed by atoms with Crippen molar-refractivity contribution in [2.75, 3.05) is 6.54 Å². The van der Waals surface area contributed by atoms with Gasteiger partial charge in [0.15, 0.2) is 9.84 Å². The second-order valence-electron chi connectivity index (χ2n) is 9.99. The van der Waals surface area contributed by atoms with Crippen LogP contribution in [0.15, 0.2) is 49.1 Å². The molecule has 3 rings (SSSR count). The molecule has 0 aromatic carbocycles. The van der Waals surface area contributed by atoms with E-state index in [0.717, 1.165) is 5.56 Å². The highest BCUT2D eigenvalue weighted by Gasteiger charge is 2.47. The van der Waals surface area contributed by atoms with E-state index in [1.165, 1.54) is 4.90 Å². The van der Waals surface area contributed by atoms with Crippen LogP contribution >= 0.6 is 0 Å². The number of Topliss-reactive ketones (excluding diaryl/α,β-unsaturated/α-hetero) is 1. The molecule has 3 heterocycles. The Morgan fingerprint density at radius 1 is 1.06 bits per heavy atom. The molecule has 0 radical (unpaired) electrons. The third kappa shape index (κ3) is 5.97. The Kier molecular flexibility index (Phi) is 8.80. The highest BCUT2D eigenvalue weighted by Crippen LogP contribution is 2.39. The van der Waals surface area contributed by atoms with Crippen molar-refractivity contribution in [1.82, 2.24) is 14.9 Å². The van der Waals surface area contributed by atoms with Gasteiger partial charge in [0.05, 0.1) is 11.3 Å². The van der Waals surface area contributed by atoms with Crippen molar-refractivity contribution in [1.29, 1.82) is 0 Å². The molecule has 190 valence electrons. The van der Waals surface area contributed by atoms with Crippen LogP contribution in [-0.2, 0) is 25.8 Å². The van der Waals surface area contributed by atoms with Crippen LogP contribution in [0.4, 0.5) is 0 Å². The van der Waals surface area contributed by atoms with Gasteiger partial charge in [-0.3, -0.25) is 19.6 Å². The average Bonchev–Trinajstić information content (AvgIpc) is 3.33. The quantitative estimate of drug-likeness (QED) is 0.427. The topological polar surface area (TPSA) is 97.3 Å². The zero-order valence-corrected chi connectivity index (χ0v) is 22.0. The number of sulfone groups is 1. The van der Waals surface area contributed by atoms with E-state index < -0.39 is 43.5 Å². The fraction of sp³-hybridized carbons (Fsp3) is 0.556. The van der Waals surface area contributed by atoms with Crippen LogP contribution in [0.3, 0.4) is 0 Å². The number of ketones is 1. The summed E-state index contributed by atoms with van der Waals surface area (Å²) in [5.74, 6) is -1.03. The molecular formula is C27H37N3O4S. The Morgan fingerprint density at radius 2 is 1.66 bits per heavy atom. The molecule has 1 aliphatic rings. The number of rotatable bonds is 11. The summed E-state index contributed by atoms with van der Waals surface area (Å²) in [6.45, 7) is 7.69. The first-order valence-corrected chi connectivity index (χ1v) is 14.1. The van der Waals surface area contributed by atoms with Gasteiger partial charge >= 0.3 is 0 Å². The van der Waals surface area contributed by atoms with Gasteiger partial charge in [0.2, 0.25) is 5.78 Å². The smallest absolute Gasteiger partial charge is 0.290 e. The predicted octanol–water partition coefficient (Wildman–Crippen LogP) is 4.34. The highest BCUT2D eigenvalue weighted by atomic mass is 32.2. The number of aryl methyl sites for hydroxylation is 1. The largest absolute Gasteiger partial charge is 0.331 e. The maximum atomic E-state index is 14.2. The normalized spacial score (nSPS) is 18.3. The Hall–Kier alpha value is -2.61. The summed E-state index contributed by atoms with van der Waals surface area (Å²) in [4.78, 5) is 36.0. The minimum absolute atomic E-state index is 0.389. The highest BCUT2D eigenvalue weighted by molar-refractivity contribution is 7.92.